The van der Waals surface area contributed by atoms with Crippen LogP contribution in [0, 0.1) is 0 Å². The maximum Gasteiger partial charge on any atom is 0.339 e. The molecule has 0 saturated carbocycles. The van der Waals surface area contributed by atoms with E-state index in [-0.39, 0.29) is 12.5 Å². The van der Waals surface area contributed by atoms with Gasteiger partial charge in [-0.15, -0.1) is 0 Å². The van der Waals surface area contributed by atoms with E-state index in [0.29, 0.717) is 18.2 Å². The molecule has 6 nitrogen and oxygen atoms in total. The molecule has 29 heavy (non-hydrogen) atoms. The zero-order valence-electron chi connectivity index (χ0n) is 17.3. The van der Waals surface area contributed by atoms with Crippen LogP contribution >= 0.6 is 0 Å². The van der Waals surface area contributed by atoms with Crippen LogP contribution in [0.25, 0.3) is 10.9 Å². The quantitative estimate of drug-likeness (QED) is 0.744. The highest BCUT2D eigenvalue weighted by Crippen LogP contribution is 2.29. The summed E-state index contributed by atoms with van der Waals surface area (Å²) in [4.78, 5) is 34.6. The van der Waals surface area contributed by atoms with E-state index >= 15 is 0 Å². The van der Waals surface area contributed by atoms with Gasteiger partial charge in [0.25, 0.3) is 5.91 Å². The zero-order valence-corrected chi connectivity index (χ0v) is 17.3. The first-order valence-corrected chi connectivity index (χ1v) is 10.6. The molecule has 1 aromatic carbocycles. The number of rotatable bonds is 4. The third kappa shape index (κ3) is 4.13. The number of hydrogen-bond donors (Lipinski definition) is 0. The predicted octanol–water partition coefficient (Wildman–Crippen LogP) is 3.17. The van der Waals surface area contributed by atoms with E-state index in [0.717, 1.165) is 67.5 Å². The Hall–Kier alpha value is -2.47. The molecule has 154 valence electrons. The molecule has 1 aromatic heterocycles. The van der Waals surface area contributed by atoms with Gasteiger partial charge in [-0.3, -0.25) is 14.7 Å². The Balaban J connectivity index is 1.62. The molecule has 1 amide bonds. The van der Waals surface area contributed by atoms with Crippen LogP contribution in [-0.2, 0) is 22.5 Å². The second-order valence-corrected chi connectivity index (χ2v) is 8.26. The van der Waals surface area contributed by atoms with Gasteiger partial charge in [-0.2, -0.15) is 0 Å². The van der Waals surface area contributed by atoms with Crippen molar-refractivity contribution in [3.63, 3.8) is 0 Å². The van der Waals surface area contributed by atoms with Crippen LogP contribution in [0.3, 0.4) is 0 Å². The van der Waals surface area contributed by atoms with Gasteiger partial charge in [0.1, 0.15) is 0 Å². The average Bonchev–Trinajstić information content (AvgIpc) is 2.75. The number of fused-ring (bicyclic) bond motifs is 2. The van der Waals surface area contributed by atoms with Crippen LogP contribution in [0.2, 0.25) is 0 Å². The molecule has 0 N–H and O–H groups in total. The lowest BCUT2D eigenvalue weighted by molar-refractivity contribution is -0.135. The summed E-state index contributed by atoms with van der Waals surface area (Å²) in [6, 6.07) is 8.08. The van der Waals surface area contributed by atoms with Crippen molar-refractivity contribution >= 4 is 22.8 Å². The van der Waals surface area contributed by atoms with Crippen molar-refractivity contribution in [1.82, 2.24) is 14.8 Å². The van der Waals surface area contributed by atoms with E-state index < -0.39 is 5.97 Å². The predicted molar refractivity (Wildman–Crippen MR) is 112 cm³/mol. The van der Waals surface area contributed by atoms with Crippen molar-refractivity contribution in [2.45, 2.75) is 52.1 Å². The number of carbonyl (C=O) groups excluding carboxylic acids is 2. The summed E-state index contributed by atoms with van der Waals surface area (Å²) in [5.41, 5.74) is 3.29. The number of nitrogens with zero attached hydrogens (tertiary/aromatic N) is 3. The number of ether oxygens (including phenoxy) is 1. The molecule has 6 heteroatoms. The highest BCUT2D eigenvalue weighted by atomic mass is 16.5. The molecule has 0 unspecified atom stereocenters. The normalized spacial score (nSPS) is 17.4. The Bertz CT molecular complexity index is 919. The molecule has 2 aliphatic rings. The maximum atomic E-state index is 13.2. The van der Waals surface area contributed by atoms with Crippen molar-refractivity contribution in [1.29, 1.82) is 0 Å². The van der Waals surface area contributed by atoms with Gasteiger partial charge in [0, 0.05) is 55.3 Å². The van der Waals surface area contributed by atoms with Gasteiger partial charge in [0.15, 0.2) is 6.61 Å². The van der Waals surface area contributed by atoms with Gasteiger partial charge < -0.3 is 9.64 Å². The number of amides is 1. The summed E-state index contributed by atoms with van der Waals surface area (Å²) in [7, 11) is 0. The monoisotopic (exact) mass is 395 g/mol. The van der Waals surface area contributed by atoms with Gasteiger partial charge >= 0.3 is 5.97 Å². The molecule has 4 rings (SSSR count). The molecular weight excluding hydrogens is 366 g/mol. The Kier molecular flexibility index (Phi) is 5.81. The van der Waals surface area contributed by atoms with E-state index in [1.807, 2.05) is 24.3 Å². The molecule has 3 heterocycles. The molecule has 0 spiro atoms. The highest BCUT2D eigenvalue weighted by molar-refractivity contribution is 6.05. The van der Waals surface area contributed by atoms with E-state index in [4.69, 9.17) is 9.72 Å². The van der Waals surface area contributed by atoms with Gasteiger partial charge in [-0.1, -0.05) is 18.2 Å². The van der Waals surface area contributed by atoms with E-state index in [9.17, 15) is 9.59 Å². The largest absolute Gasteiger partial charge is 0.452 e. The molecule has 0 bridgehead atoms. The van der Waals surface area contributed by atoms with Gasteiger partial charge in [-0.25, -0.2) is 4.79 Å². The summed E-state index contributed by atoms with van der Waals surface area (Å²) >= 11 is 0. The summed E-state index contributed by atoms with van der Waals surface area (Å²) < 4.78 is 5.54. The Morgan fingerprint density at radius 2 is 1.86 bits per heavy atom. The smallest absolute Gasteiger partial charge is 0.339 e. The highest BCUT2D eigenvalue weighted by Gasteiger charge is 2.28. The molecule has 0 radical (unpaired) electrons. The lowest BCUT2D eigenvalue weighted by atomic mass is 9.95. The Morgan fingerprint density at radius 3 is 2.62 bits per heavy atom. The first-order valence-electron chi connectivity index (χ1n) is 10.6. The van der Waals surface area contributed by atoms with Crippen molar-refractivity contribution in [2.75, 3.05) is 26.2 Å². The number of carbonyl (C=O) groups is 2. The number of benzene rings is 1. The fourth-order valence-electron chi connectivity index (χ4n) is 4.32. The molecule has 0 atom stereocenters. The number of esters is 1. The lowest BCUT2D eigenvalue weighted by Gasteiger charge is -2.32. The molecule has 1 fully saturated rings. The van der Waals surface area contributed by atoms with Crippen LogP contribution in [0.15, 0.2) is 24.3 Å². The summed E-state index contributed by atoms with van der Waals surface area (Å²) in [5.74, 6) is -0.523. The first kappa shape index (κ1) is 19.8. The van der Waals surface area contributed by atoms with Crippen molar-refractivity contribution in [2.24, 2.45) is 0 Å². The topological polar surface area (TPSA) is 62.7 Å². The van der Waals surface area contributed by atoms with Crippen LogP contribution in [0.5, 0.6) is 0 Å². The number of likely N-dealkylation sites (tertiary alicyclic amines) is 1. The average molecular weight is 396 g/mol. The van der Waals surface area contributed by atoms with Crippen LogP contribution in [0.1, 0.15) is 54.7 Å². The third-order valence-corrected chi connectivity index (χ3v) is 6.05. The summed E-state index contributed by atoms with van der Waals surface area (Å²) in [6.45, 7) is 7.25. The standard InChI is InChI=1S/C23H29N3O3/c1-16(2)26-13-10-20-18(14-26)22(17-8-4-5-9-19(17)24-20)23(28)29-15-21(27)25-11-6-3-7-12-25/h4-5,8-9,16H,3,6-7,10-15H2,1-2H3. The molecular formula is C23H29N3O3. The van der Waals surface area contributed by atoms with Gasteiger partial charge in [-0.05, 0) is 39.2 Å². The van der Waals surface area contributed by atoms with Crippen molar-refractivity contribution in [3.05, 3.63) is 41.1 Å². The van der Waals surface area contributed by atoms with E-state index in [2.05, 4.69) is 18.7 Å². The van der Waals surface area contributed by atoms with Gasteiger partial charge in [0.2, 0.25) is 0 Å². The van der Waals surface area contributed by atoms with E-state index in [1.54, 1.807) is 4.90 Å². The lowest BCUT2D eigenvalue weighted by Crippen LogP contribution is -2.39. The minimum Gasteiger partial charge on any atom is -0.452 e. The number of aromatic nitrogens is 1. The van der Waals surface area contributed by atoms with Crippen LogP contribution in [-0.4, -0.2) is 58.9 Å². The number of pyridine rings is 1. The fourth-order valence-corrected chi connectivity index (χ4v) is 4.32. The third-order valence-electron chi connectivity index (χ3n) is 6.05. The number of hydrogen-bond acceptors (Lipinski definition) is 5. The zero-order chi connectivity index (χ0) is 20.4. The molecule has 2 aliphatic heterocycles. The molecule has 0 aliphatic carbocycles. The molecule has 1 saturated heterocycles. The maximum absolute atomic E-state index is 13.2. The minimum atomic E-state index is -0.421. The van der Waals surface area contributed by atoms with Crippen molar-refractivity contribution < 1.29 is 14.3 Å². The number of piperidine rings is 1. The fraction of sp³-hybridized carbons (Fsp3) is 0.522. The first-order chi connectivity index (χ1) is 14.0. The Labute approximate surface area is 171 Å². The van der Waals surface area contributed by atoms with Crippen molar-refractivity contribution in [3.8, 4) is 0 Å². The summed E-state index contributed by atoms with van der Waals surface area (Å²) in [6.07, 6.45) is 4.01. The van der Waals surface area contributed by atoms with Gasteiger partial charge in [0.05, 0.1) is 11.1 Å². The number of para-hydroxylation sites is 1. The Morgan fingerprint density at radius 1 is 1.10 bits per heavy atom. The van der Waals surface area contributed by atoms with Crippen LogP contribution < -0.4 is 0 Å². The molecule has 2 aromatic rings. The summed E-state index contributed by atoms with van der Waals surface area (Å²) in [5, 5.41) is 0.798. The van der Waals surface area contributed by atoms with E-state index in [1.165, 1.54) is 0 Å². The second kappa shape index (κ2) is 8.49. The van der Waals surface area contributed by atoms with Crippen LogP contribution in [0.4, 0.5) is 0 Å². The minimum absolute atomic E-state index is 0.103. The second-order valence-electron chi connectivity index (χ2n) is 8.26. The SMILES string of the molecule is CC(C)N1CCc2nc3ccccc3c(C(=O)OCC(=O)N3CCCCC3)c2C1.